The lowest BCUT2D eigenvalue weighted by Gasteiger charge is -2.31. The lowest BCUT2D eigenvalue weighted by Crippen LogP contribution is -2.43. The highest BCUT2D eigenvalue weighted by Gasteiger charge is 2.38. The Labute approximate surface area is 149 Å². The van der Waals surface area contributed by atoms with E-state index in [0.717, 1.165) is 11.3 Å². The van der Waals surface area contributed by atoms with E-state index in [1.54, 1.807) is 30.2 Å². The maximum atomic E-state index is 12.2. The monoisotopic (exact) mass is 370 g/mol. The fraction of sp³-hybridized carbons (Fsp3) is 0.444. The molecule has 1 aromatic rings. The van der Waals surface area contributed by atoms with Gasteiger partial charge in [-0.1, -0.05) is 12.1 Å². The fourth-order valence-electron chi connectivity index (χ4n) is 2.68. The molecule has 1 aliphatic heterocycles. The molecular formula is C18H21F3N2O3. The van der Waals surface area contributed by atoms with Gasteiger partial charge in [0.1, 0.15) is 5.75 Å². The van der Waals surface area contributed by atoms with Crippen molar-refractivity contribution in [1.82, 2.24) is 10.2 Å². The van der Waals surface area contributed by atoms with Crippen molar-refractivity contribution >= 4 is 17.9 Å². The molecule has 1 aliphatic rings. The predicted molar refractivity (Wildman–Crippen MR) is 90.4 cm³/mol. The standard InChI is InChI=1S/C18H21F3N2O3/c1-26-15-5-2-13(3-6-15)4-7-16(24)23-10-8-14(9-11-23)12-22-17(25)18(19,20)21/h2-7,14H,8-12H2,1H3,(H,22,25)/b7-4+. The molecule has 0 aliphatic carbocycles. The molecule has 0 radical (unpaired) electrons. The SMILES string of the molecule is COc1ccc(/C=C/C(=O)N2CCC(CNC(=O)C(F)(F)F)CC2)cc1. The Balaban J connectivity index is 1.77. The number of likely N-dealkylation sites (tertiary alicyclic amines) is 1. The first-order chi connectivity index (χ1) is 12.3. The number of halogens is 3. The van der Waals surface area contributed by atoms with Crippen LogP contribution in [0, 0.1) is 5.92 Å². The summed E-state index contributed by atoms with van der Waals surface area (Å²) in [6.07, 6.45) is -0.561. The van der Waals surface area contributed by atoms with Gasteiger partial charge in [-0.2, -0.15) is 13.2 Å². The number of amides is 2. The smallest absolute Gasteiger partial charge is 0.471 e. The van der Waals surface area contributed by atoms with E-state index in [1.807, 2.05) is 17.4 Å². The summed E-state index contributed by atoms with van der Waals surface area (Å²) < 4.78 is 41.5. The highest BCUT2D eigenvalue weighted by molar-refractivity contribution is 5.91. The normalized spacial score (nSPS) is 15.9. The van der Waals surface area contributed by atoms with Crippen molar-refractivity contribution in [2.45, 2.75) is 19.0 Å². The van der Waals surface area contributed by atoms with E-state index in [1.165, 1.54) is 6.08 Å². The number of benzene rings is 1. The van der Waals surface area contributed by atoms with Crippen LogP contribution in [0.25, 0.3) is 6.08 Å². The van der Waals surface area contributed by atoms with Crippen LogP contribution in [0.1, 0.15) is 18.4 Å². The summed E-state index contributed by atoms with van der Waals surface area (Å²) >= 11 is 0. The van der Waals surface area contributed by atoms with Gasteiger partial charge >= 0.3 is 12.1 Å². The van der Waals surface area contributed by atoms with Crippen molar-refractivity contribution < 1.29 is 27.5 Å². The fourth-order valence-corrected chi connectivity index (χ4v) is 2.68. The summed E-state index contributed by atoms with van der Waals surface area (Å²) in [7, 11) is 1.58. The summed E-state index contributed by atoms with van der Waals surface area (Å²) in [6.45, 7) is 0.888. The number of hydrogen-bond acceptors (Lipinski definition) is 3. The average molecular weight is 370 g/mol. The van der Waals surface area contributed by atoms with Gasteiger partial charge in [-0.05, 0) is 42.5 Å². The topological polar surface area (TPSA) is 58.6 Å². The molecule has 142 valence electrons. The van der Waals surface area contributed by atoms with Crippen LogP contribution in [0.15, 0.2) is 30.3 Å². The van der Waals surface area contributed by atoms with Gasteiger partial charge in [0.15, 0.2) is 0 Å². The number of carbonyl (C=O) groups is 2. The molecule has 0 spiro atoms. The highest BCUT2D eigenvalue weighted by Crippen LogP contribution is 2.19. The molecule has 1 fully saturated rings. The number of piperidine rings is 1. The lowest BCUT2D eigenvalue weighted by molar-refractivity contribution is -0.173. The molecule has 2 rings (SSSR count). The number of alkyl halides is 3. The van der Waals surface area contributed by atoms with Gasteiger partial charge in [-0.25, -0.2) is 0 Å². The van der Waals surface area contributed by atoms with Gasteiger partial charge in [-0.3, -0.25) is 9.59 Å². The Morgan fingerprint density at radius 3 is 2.38 bits per heavy atom. The van der Waals surface area contributed by atoms with E-state index in [9.17, 15) is 22.8 Å². The second-order valence-corrected chi connectivity index (χ2v) is 6.08. The Morgan fingerprint density at radius 2 is 1.85 bits per heavy atom. The minimum absolute atomic E-state index is 0.0257. The number of nitrogens with one attached hydrogen (secondary N) is 1. The van der Waals surface area contributed by atoms with Crippen LogP contribution in [0.2, 0.25) is 0 Å². The van der Waals surface area contributed by atoms with Crippen LogP contribution in [0.3, 0.4) is 0 Å². The number of ether oxygens (including phenoxy) is 1. The van der Waals surface area contributed by atoms with E-state index in [0.29, 0.717) is 25.9 Å². The van der Waals surface area contributed by atoms with Gasteiger partial charge in [0.05, 0.1) is 7.11 Å². The molecule has 1 N–H and O–H groups in total. The van der Waals surface area contributed by atoms with Gasteiger partial charge in [0.25, 0.3) is 0 Å². The van der Waals surface area contributed by atoms with E-state index in [-0.39, 0.29) is 18.4 Å². The zero-order valence-electron chi connectivity index (χ0n) is 14.4. The zero-order valence-corrected chi connectivity index (χ0v) is 14.4. The molecule has 0 aromatic heterocycles. The van der Waals surface area contributed by atoms with Crippen LogP contribution in [0.5, 0.6) is 5.75 Å². The summed E-state index contributed by atoms with van der Waals surface area (Å²) in [5.74, 6) is -1.39. The van der Waals surface area contributed by atoms with Crippen molar-refractivity contribution in [2.24, 2.45) is 5.92 Å². The van der Waals surface area contributed by atoms with E-state index in [2.05, 4.69) is 0 Å². The largest absolute Gasteiger partial charge is 0.497 e. The molecule has 1 saturated heterocycles. The first-order valence-electron chi connectivity index (χ1n) is 8.25. The Bertz CT molecular complexity index is 649. The number of nitrogens with zero attached hydrogens (tertiary/aromatic N) is 1. The molecule has 0 bridgehead atoms. The minimum Gasteiger partial charge on any atom is -0.497 e. The van der Waals surface area contributed by atoms with Crippen molar-refractivity contribution in [3.05, 3.63) is 35.9 Å². The molecule has 0 saturated carbocycles. The van der Waals surface area contributed by atoms with Crippen molar-refractivity contribution in [1.29, 1.82) is 0 Å². The van der Waals surface area contributed by atoms with Gasteiger partial charge < -0.3 is 15.0 Å². The third-order valence-corrected chi connectivity index (χ3v) is 4.27. The molecule has 0 atom stereocenters. The number of hydrogen-bond donors (Lipinski definition) is 1. The summed E-state index contributed by atoms with van der Waals surface area (Å²) in [4.78, 5) is 24.7. The van der Waals surface area contributed by atoms with Crippen molar-refractivity contribution in [3.8, 4) is 5.75 Å². The molecule has 2 amide bonds. The minimum atomic E-state index is -4.86. The molecule has 5 nitrogen and oxygen atoms in total. The van der Waals surface area contributed by atoms with E-state index >= 15 is 0 Å². The van der Waals surface area contributed by atoms with Gasteiger partial charge in [-0.15, -0.1) is 0 Å². The van der Waals surface area contributed by atoms with Crippen LogP contribution >= 0.6 is 0 Å². The molecule has 0 unspecified atom stereocenters. The van der Waals surface area contributed by atoms with Crippen molar-refractivity contribution in [2.75, 3.05) is 26.7 Å². The third-order valence-electron chi connectivity index (χ3n) is 4.27. The molecule has 26 heavy (non-hydrogen) atoms. The summed E-state index contributed by atoms with van der Waals surface area (Å²) in [6, 6.07) is 7.26. The first kappa shape index (κ1) is 19.8. The van der Waals surface area contributed by atoms with Crippen LogP contribution in [0.4, 0.5) is 13.2 Å². The quantitative estimate of drug-likeness (QED) is 0.811. The lowest BCUT2D eigenvalue weighted by atomic mass is 9.96. The first-order valence-corrected chi connectivity index (χ1v) is 8.25. The van der Waals surface area contributed by atoms with Crippen LogP contribution in [-0.4, -0.2) is 49.6 Å². The number of methoxy groups -OCH3 is 1. The van der Waals surface area contributed by atoms with E-state index < -0.39 is 12.1 Å². The highest BCUT2D eigenvalue weighted by atomic mass is 19.4. The zero-order chi connectivity index (χ0) is 19.2. The molecule has 8 heteroatoms. The second-order valence-electron chi connectivity index (χ2n) is 6.08. The second kappa shape index (κ2) is 8.73. The number of rotatable bonds is 5. The van der Waals surface area contributed by atoms with Gasteiger partial charge in [0, 0.05) is 25.7 Å². The third kappa shape index (κ3) is 5.79. The maximum Gasteiger partial charge on any atom is 0.471 e. The van der Waals surface area contributed by atoms with Crippen molar-refractivity contribution in [3.63, 3.8) is 0 Å². The Kier molecular flexibility index (Phi) is 6.65. The number of carbonyl (C=O) groups excluding carboxylic acids is 2. The molecular weight excluding hydrogens is 349 g/mol. The van der Waals surface area contributed by atoms with Crippen LogP contribution < -0.4 is 10.1 Å². The maximum absolute atomic E-state index is 12.2. The Hall–Kier alpha value is -2.51. The van der Waals surface area contributed by atoms with Crippen LogP contribution in [-0.2, 0) is 9.59 Å². The van der Waals surface area contributed by atoms with Gasteiger partial charge in [0.2, 0.25) is 5.91 Å². The molecule has 1 heterocycles. The van der Waals surface area contributed by atoms with E-state index in [4.69, 9.17) is 4.74 Å². The molecule has 1 aromatic carbocycles. The average Bonchev–Trinajstić information content (AvgIpc) is 2.64. The predicted octanol–water partition coefficient (Wildman–Crippen LogP) is 2.63. The Morgan fingerprint density at radius 1 is 1.23 bits per heavy atom. The summed E-state index contributed by atoms with van der Waals surface area (Å²) in [5.41, 5.74) is 0.865. The summed E-state index contributed by atoms with van der Waals surface area (Å²) in [5, 5.41) is 1.90.